The summed E-state index contributed by atoms with van der Waals surface area (Å²) in [5.74, 6) is 1.34. The molecule has 1 saturated heterocycles. The molecule has 31 heavy (non-hydrogen) atoms. The van der Waals surface area contributed by atoms with Gasteiger partial charge in [0.1, 0.15) is 6.04 Å². The number of carbonyl (C=O) groups is 1. The minimum Gasteiger partial charge on any atom is -0.344 e. The molecule has 1 aromatic heterocycles. The van der Waals surface area contributed by atoms with Gasteiger partial charge in [0.2, 0.25) is 21.8 Å². The fourth-order valence-corrected chi connectivity index (χ4v) is 5.35. The van der Waals surface area contributed by atoms with E-state index in [0.29, 0.717) is 42.6 Å². The van der Waals surface area contributed by atoms with Crippen molar-refractivity contribution in [2.45, 2.75) is 63.3 Å². The van der Waals surface area contributed by atoms with E-state index in [4.69, 9.17) is 4.52 Å². The monoisotopic (exact) mass is 446 g/mol. The maximum absolute atomic E-state index is 12.9. The van der Waals surface area contributed by atoms with E-state index in [9.17, 15) is 13.2 Å². The van der Waals surface area contributed by atoms with Crippen molar-refractivity contribution in [2.75, 3.05) is 13.1 Å². The van der Waals surface area contributed by atoms with Crippen molar-refractivity contribution < 1.29 is 17.7 Å². The normalized spacial score (nSPS) is 19.5. The Morgan fingerprint density at radius 2 is 1.77 bits per heavy atom. The van der Waals surface area contributed by atoms with E-state index in [1.165, 1.54) is 4.31 Å². The number of amides is 1. The van der Waals surface area contributed by atoms with Crippen LogP contribution in [0.5, 0.6) is 0 Å². The van der Waals surface area contributed by atoms with Crippen molar-refractivity contribution in [3.05, 3.63) is 41.5 Å². The molecule has 2 heterocycles. The van der Waals surface area contributed by atoms with Crippen LogP contribution in [0.4, 0.5) is 0 Å². The van der Waals surface area contributed by atoms with Gasteiger partial charge in [-0.3, -0.25) is 4.79 Å². The molecule has 1 aliphatic heterocycles. The predicted octanol–water partition coefficient (Wildman–Crippen LogP) is 3.17. The molecule has 8 nitrogen and oxygen atoms in total. The highest BCUT2D eigenvalue weighted by Gasteiger charge is 2.35. The third-order valence-corrected chi connectivity index (χ3v) is 8.03. The molecule has 2 fully saturated rings. The van der Waals surface area contributed by atoms with Gasteiger partial charge in [-0.05, 0) is 50.7 Å². The molecule has 1 aliphatic carbocycles. The second-order valence-corrected chi connectivity index (χ2v) is 10.9. The summed E-state index contributed by atoms with van der Waals surface area (Å²) < 4.78 is 32.7. The fraction of sp³-hybridized carbons (Fsp3) is 0.591. The molecule has 1 unspecified atom stereocenters. The molecule has 1 atom stereocenters. The number of aryl methyl sites for hydroxylation is 1. The number of rotatable bonds is 7. The quantitative estimate of drug-likeness (QED) is 0.700. The fourth-order valence-electron chi connectivity index (χ4n) is 3.88. The Morgan fingerprint density at radius 1 is 1.13 bits per heavy atom. The van der Waals surface area contributed by atoms with Crippen LogP contribution >= 0.6 is 0 Å². The zero-order valence-corrected chi connectivity index (χ0v) is 19.1. The molecule has 168 valence electrons. The molecule has 0 bridgehead atoms. The SMILES string of the molecule is Cc1ccc(S(=O)(=O)N2CCC(C(=O)NC(c3nc(C4CC4)no3)C(C)C)CC2)cc1. The summed E-state index contributed by atoms with van der Waals surface area (Å²) in [7, 11) is -3.54. The molecule has 2 aliphatic rings. The maximum atomic E-state index is 12.9. The molecule has 1 saturated carbocycles. The van der Waals surface area contributed by atoms with E-state index < -0.39 is 10.0 Å². The second-order valence-electron chi connectivity index (χ2n) is 8.99. The van der Waals surface area contributed by atoms with Crippen LogP contribution in [0.3, 0.4) is 0 Å². The number of aromatic nitrogens is 2. The first-order chi connectivity index (χ1) is 14.8. The molecular formula is C22H30N4O4S. The van der Waals surface area contributed by atoms with Crippen molar-refractivity contribution in [1.29, 1.82) is 0 Å². The number of benzene rings is 1. The summed E-state index contributed by atoms with van der Waals surface area (Å²) in [5, 5.41) is 7.13. The zero-order chi connectivity index (χ0) is 22.2. The Morgan fingerprint density at radius 3 is 2.35 bits per heavy atom. The van der Waals surface area contributed by atoms with Crippen molar-refractivity contribution >= 4 is 15.9 Å². The first-order valence-corrected chi connectivity index (χ1v) is 12.4. The minimum absolute atomic E-state index is 0.0859. The van der Waals surface area contributed by atoms with Crippen LogP contribution < -0.4 is 5.32 Å². The van der Waals surface area contributed by atoms with Crippen LogP contribution in [0.15, 0.2) is 33.7 Å². The summed E-state index contributed by atoms with van der Waals surface area (Å²) in [4.78, 5) is 17.7. The van der Waals surface area contributed by atoms with E-state index in [0.717, 1.165) is 24.2 Å². The van der Waals surface area contributed by atoms with Gasteiger partial charge in [0.05, 0.1) is 4.90 Å². The van der Waals surface area contributed by atoms with E-state index in [-0.39, 0.29) is 23.8 Å². The Kier molecular flexibility index (Phi) is 6.16. The van der Waals surface area contributed by atoms with E-state index in [1.54, 1.807) is 24.3 Å². The third-order valence-electron chi connectivity index (χ3n) is 6.11. The predicted molar refractivity (Wildman–Crippen MR) is 115 cm³/mol. The molecule has 1 amide bonds. The van der Waals surface area contributed by atoms with Crippen LogP contribution in [0, 0.1) is 18.8 Å². The summed E-state index contributed by atoms with van der Waals surface area (Å²) in [5.41, 5.74) is 1.01. The van der Waals surface area contributed by atoms with Crippen LogP contribution in [0.2, 0.25) is 0 Å². The molecule has 4 rings (SSSR count). The lowest BCUT2D eigenvalue weighted by molar-refractivity contribution is -0.127. The van der Waals surface area contributed by atoms with E-state index >= 15 is 0 Å². The summed E-state index contributed by atoms with van der Waals surface area (Å²) in [6.07, 6.45) is 3.14. The number of piperidine rings is 1. The van der Waals surface area contributed by atoms with Crippen molar-refractivity contribution in [2.24, 2.45) is 11.8 Å². The minimum atomic E-state index is -3.54. The topological polar surface area (TPSA) is 105 Å². The number of nitrogens with zero attached hydrogens (tertiary/aromatic N) is 3. The van der Waals surface area contributed by atoms with Gasteiger partial charge in [-0.15, -0.1) is 0 Å². The molecule has 9 heteroatoms. The molecule has 2 aromatic rings. The van der Waals surface area contributed by atoms with Crippen LogP contribution in [-0.4, -0.2) is 41.9 Å². The summed E-state index contributed by atoms with van der Waals surface area (Å²) in [6.45, 7) is 6.58. The van der Waals surface area contributed by atoms with E-state index in [1.807, 2.05) is 20.8 Å². The molecule has 0 radical (unpaired) electrons. The van der Waals surface area contributed by atoms with Gasteiger partial charge in [-0.1, -0.05) is 36.7 Å². The highest BCUT2D eigenvalue weighted by Crippen LogP contribution is 2.38. The molecule has 1 aromatic carbocycles. The zero-order valence-electron chi connectivity index (χ0n) is 18.2. The van der Waals surface area contributed by atoms with Crippen molar-refractivity contribution in [1.82, 2.24) is 19.8 Å². The van der Waals surface area contributed by atoms with Gasteiger partial charge in [0.15, 0.2) is 5.82 Å². The molecule has 1 N–H and O–H groups in total. The van der Waals surface area contributed by atoms with Crippen molar-refractivity contribution in [3.63, 3.8) is 0 Å². The standard InChI is InChI=1S/C22H30N4O4S/c1-14(2)19(22-24-20(25-30-22)16-6-7-16)23-21(27)17-10-12-26(13-11-17)31(28,29)18-8-4-15(3)5-9-18/h4-5,8-9,14,16-17,19H,6-7,10-13H2,1-3H3,(H,23,27). The number of hydrogen-bond donors (Lipinski definition) is 1. The van der Waals surface area contributed by atoms with Crippen LogP contribution in [-0.2, 0) is 14.8 Å². The first kappa shape index (κ1) is 22.0. The van der Waals surface area contributed by atoms with E-state index in [2.05, 4.69) is 15.5 Å². The number of nitrogens with one attached hydrogen (secondary N) is 1. The smallest absolute Gasteiger partial charge is 0.249 e. The van der Waals surface area contributed by atoms with Gasteiger partial charge in [0.25, 0.3) is 0 Å². The van der Waals surface area contributed by atoms with Gasteiger partial charge in [-0.25, -0.2) is 8.42 Å². The van der Waals surface area contributed by atoms with Crippen LogP contribution in [0.25, 0.3) is 0 Å². The first-order valence-electron chi connectivity index (χ1n) is 11.0. The largest absolute Gasteiger partial charge is 0.344 e. The average Bonchev–Trinajstić information content (AvgIpc) is 3.49. The Hall–Kier alpha value is -2.26. The highest BCUT2D eigenvalue weighted by molar-refractivity contribution is 7.89. The van der Waals surface area contributed by atoms with Gasteiger partial charge >= 0.3 is 0 Å². The highest BCUT2D eigenvalue weighted by atomic mass is 32.2. The molecule has 0 spiro atoms. The third kappa shape index (κ3) is 4.82. The van der Waals surface area contributed by atoms with Gasteiger partial charge < -0.3 is 9.84 Å². The lowest BCUT2D eigenvalue weighted by Crippen LogP contribution is -2.44. The van der Waals surface area contributed by atoms with Crippen molar-refractivity contribution in [3.8, 4) is 0 Å². The lowest BCUT2D eigenvalue weighted by atomic mass is 9.95. The summed E-state index contributed by atoms with van der Waals surface area (Å²) >= 11 is 0. The number of carbonyl (C=O) groups excluding carboxylic acids is 1. The summed E-state index contributed by atoms with van der Waals surface area (Å²) in [6, 6.07) is 6.52. The number of hydrogen-bond acceptors (Lipinski definition) is 6. The Balaban J connectivity index is 1.37. The Bertz CT molecular complexity index is 1020. The lowest BCUT2D eigenvalue weighted by Gasteiger charge is -2.31. The maximum Gasteiger partial charge on any atom is 0.249 e. The van der Waals surface area contributed by atoms with Crippen LogP contribution in [0.1, 0.15) is 68.8 Å². The Labute approximate surface area is 183 Å². The second kappa shape index (κ2) is 8.70. The van der Waals surface area contributed by atoms with Gasteiger partial charge in [-0.2, -0.15) is 9.29 Å². The molecular weight excluding hydrogens is 416 g/mol. The average molecular weight is 447 g/mol. The number of sulfonamides is 1. The van der Waals surface area contributed by atoms with Gasteiger partial charge in [0, 0.05) is 24.9 Å².